The van der Waals surface area contributed by atoms with Crippen LogP contribution in [-0.4, -0.2) is 27.4 Å². The second kappa shape index (κ2) is 3.45. The third-order valence-electron chi connectivity index (χ3n) is 4.09. The highest BCUT2D eigenvalue weighted by Gasteiger charge is 2.35. The molecule has 3 fully saturated rings. The molecule has 0 spiro atoms. The van der Waals surface area contributed by atoms with Crippen LogP contribution in [0.4, 0.5) is 0 Å². The number of nitrogens with one attached hydrogen (secondary N) is 1. The molecule has 17 heavy (non-hydrogen) atoms. The highest BCUT2D eigenvalue weighted by molar-refractivity contribution is 5.08. The molecule has 1 aromatic heterocycles. The first kappa shape index (κ1) is 9.88. The lowest BCUT2D eigenvalue weighted by Crippen LogP contribution is -2.47. The second-order valence-electron chi connectivity index (χ2n) is 5.72. The van der Waals surface area contributed by atoms with E-state index in [2.05, 4.69) is 10.4 Å². The van der Waals surface area contributed by atoms with Crippen molar-refractivity contribution < 1.29 is 0 Å². The average Bonchev–Trinajstić information content (AvgIpc) is 3.10. The maximum atomic E-state index is 12.4. The highest BCUT2D eigenvalue weighted by atomic mass is 16.2. The van der Waals surface area contributed by atoms with Gasteiger partial charge in [0.25, 0.3) is 0 Å². The maximum absolute atomic E-state index is 12.4. The van der Waals surface area contributed by atoms with Crippen LogP contribution >= 0.6 is 0 Å². The van der Waals surface area contributed by atoms with Crippen molar-refractivity contribution in [3.8, 4) is 0 Å². The summed E-state index contributed by atoms with van der Waals surface area (Å²) >= 11 is 0. The van der Waals surface area contributed by atoms with E-state index in [4.69, 9.17) is 0 Å². The largest absolute Gasteiger partial charge is 0.346 e. The van der Waals surface area contributed by atoms with Crippen molar-refractivity contribution in [1.29, 1.82) is 0 Å². The van der Waals surface area contributed by atoms with Crippen molar-refractivity contribution in [3.05, 3.63) is 16.3 Å². The molecule has 2 saturated carbocycles. The van der Waals surface area contributed by atoms with Gasteiger partial charge in [-0.15, -0.1) is 0 Å². The van der Waals surface area contributed by atoms with Crippen LogP contribution < -0.4 is 11.0 Å². The first-order valence-corrected chi connectivity index (χ1v) is 6.73. The van der Waals surface area contributed by atoms with Crippen molar-refractivity contribution in [1.82, 2.24) is 19.7 Å². The number of rotatable bonds is 4. The van der Waals surface area contributed by atoms with Gasteiger partial charge >= 0.3 is 5.69 Å². The molecule has 1 aromatic rings. The second-order valence-corrected chi connectivity index (χ2v) is 5.72. The molecule has 5 nitrogen and oxygen atoms in total. The standard InChI is InChI=1S/C12H18N4O/c17-12-15(7-8-1-2-8)14-11(9-3-4-9)16(12)10-5-13-6-10/h8-10,13H,1-7H2. The lowest BCUT2D eigenvalue weighted by atomic mass is 10.1. The van der Waals surface area contributed by atoms with Crippen LogP contribution in [0.15, 0.2) is 4.79 Å². The number of hydrogen-bond donors (Lipinski definition) is 1. The smallest absolute Gasteiger partial charge is 0.313 e. The van der Waals surface area contributed by atoms with E-state index in [0.717, 1.165) is 25.5 Å². The van der Waals surface area contributed by atoms with Crippen LogP contribution in [-0.2, 0) is 6.54 Å². The molecular weight excluding hydrogens is 216 g/mol. The van der Waals surface area contributed by atoms with Crippen molar-refractivity contribution in [2.75, 3.05) is 13.1 Å². The van der Waals surface area contributed by atoms with Gasteiger partial charge < -0.3 is 5.32 Å². The van der Waals surface area contributed by atoms with Crippen molar-refractivity contribution >= 4 is 0 Å². The summed E-state index contributed by atoms with van der Waals surface area (Å²) in [6.07, 6.45) is 4.95. The Balaban J connectivity index is 1.72. The summed E-state index contributed by atoms with van der Waals surface area (Å²) in [7, 11) is 0. The van der Waals surface area contributed by atoms with Gasteiger partial charge in [0.2, 0.25) is 0 Å². The molecule has 0 atom stereocenters. The number of hydrogen-bond acceptors (Lipinski definition) is 3. The van der Waals surface area contributed by atoms with Crippen LogP contribution in [0.1, 0.15) is 43.5 Å². The van der Waals surface area contributed by atoms with Gasteiger partial charge in [-0.3, -0.25) is 4.57 Å². The molecular formula is C12H18N4O. The van der Waals surface area contributed by atoms with Gasteiger partial charge in [0.15, 0.2) is 0 Å². The zero-order chi connectivity index (χ0) is 11.4. The van der Waals surface area contributed by atoms with Gasteiger partial charge in [-0.2, -0.15) is 5.10 Å². The van der Waals surface area contributed by atoms with E-state index in [1.54, 1.807) is 4.68 Å². The molecule has 0 bridgehead atoms. The molecule has 5 heteroatoms. The molecule has 3 aliphatic rings. The molecule has 2 heterocycles. The van der Waals surface area contributed by atoms with Gasteiger partial charge in [-0.1, -0.05) is 0 Å². The predicted molar refractivity (Wildman–Crippen MR) is 63.1 cm³/mol. The van der Waals surface area contributed by atoms with Gasteiger partial charge in [-0.25, -0.2) is 9.48 Å². The van der Waals surface area contributed by atoms with E-state index in [9.17, 15) is 4.79 Å². The van der Waals surface area contributed by atoms with E-state index in [-0.39, 0.29) is 5.69 Å². The fourth-order valence-corrected chi connectivity index (χ4v) is 2.52. The lowest BCUT2D eigenvalue weighted by Gasteiger charge is -2.28. The van der Waals surface area contributed by atoms with Crippen LogP contribution in [0.5, 0.6) is 0 Å². The SMILES string of the molecule is O=c1n(CC2CC2)nc(C2CC2)n1C1CNC1. The Morgan fingerprint density at radius 3 is 2.53 bits per heavy atom. The van der Waals surface area contributed by atoms with E-state index in [0.29, 0.717) is 17.9 Å². The summed E-state index contributed by atoms with van der Waals surface area (Å²) in [6, 6.07) is 0.353. The third kappa shape index (κ3) is 1.64. The summed E-state index contributed by atoms with van der Waals surface area (Å²) in [5.74, 6) is 2.33. The van der Waals surface area contributed by atoms with Gasteiger partial charge in [0.05, 0.1) is 6.04 Å². The number of nitrogens with zero attached hydrogens (tertiary/aromatic N) is 3. The summed E-state index contributed by atoms with van der Waals surface area (Å²) in [6.45, 7) is 2.69. The molecule has 1 saturated heterocycles. The summed E-state index contributed by atoms with van der Waals surface area (Å²) in [5, 5.41) is 7.83. The van der Waals surface area contributed by atoms with Crippen molar-refractivity contribution in [2.45, 2.75) is 44.2 Å². The summed E-state index contributed by atoms with van der Waals surface area (Å²) in [5.41, 5.74) is 0.130. The van der Waals surface area contributed by atoms with Crippen LogP contribution in [0.2, 0.25) is 0 Å². The van der Waals surface area contributed by atoms with Crippen LogP contribution in [0, 0.1) is 5.92 Å². The monoisotopic (exact) mass is 234 g/mol. The Bertz CT molecular complexity index is 491. The molecule has 4 rings (SSSR count). The van der Waals surface area contributed by atoms with Gasteiger partial charge in [0, 0.05) is 25.6 Å². The molecule has 0 aromatic carbocycles. The molecule has 92 valence electrons. The first-order chi connectivity index (χ1) is 8.33. The quantitative estimate of drug-likeness (QED) is 0.824. The van der Waals surface area contributed by atoms with Gasteiger partial charge in [-0.05, 0) is 31.6 Å². The Labute approximate surface area is 99.8 Å². The van der Waals surface area contributed by atoms with E-state index in [1.807, 2.05) is 4.57 Å². The average molecular weight is 234 g/mol. The van der Waals surface area contributed by atoms with E-state index < -0.39 is 0 Å². The molecule has 0 radical (unpaired) electrons. The van der Waals surface area contributed by atoms with Crippen molar-refractivity contribution in [2.24, 2.45) is 5.92 Å². The minimum Gasteiger partial charge on any atom is -0.313 e. The zero-order valence-corrected chi connectivity index (χ0v) is 9.93. The topological polar surface area (TPSA) is 51.9 Å². The molecule has 0 amide bonds. The van der Waals surface area contributed by atoms with Crippen molar-refractivity contribution in [3.63, 3.8) is 0 Å². The third-order valence-corrected chi connectivity index (χ3v) is 4.09. The summed E-state index contributed by atoms with van der Waals surface area (Å²) in [4.78, 5) is 12.4. The molecule has 1 N–H and O–H groups in total. The minimum atomic E-state index is 0.130. The Morgan fingerprint density at radius 1 is 1.24 bits per heavy atom. The fourth-order valence-electron chi connectivity index (χ4n) is 2.52. The first-order valence-electron chi connectivity index (χ1n) is 6.73. The van der Waals surface area contributed by atoms with Crippen LogP contribution in [0.25, 0.3) is 0 Å². The zero-order valence-electron chi connectivity index (χ0n) is 9.93. The molecule has 1 aliphatic heterocycles. The van der Waals surface area contributed by atoms with E-state index >= 15 is 0 Å². The van der Waals surface area contributed by atoms with E-state index in [1.165, 1.54) is 25.7 Å². The van der Waals surface area contributed by atoms with Crippen LogP contribution in [0.3, 0.4) is 0 Å². The maximum Gasteiger partial charge on any atom is 0.346 e. The Hall–Kier alpha value is -1.10. The normalized spacial score (nSPS) is 24.9. The predicted octanol–water partition coefficient (Wildman–Crippen LogP) is 0.476. The Kier molecular flexibility index (Phi) is 2.00. The highest BCUT2D eigenvalue weighted by Crippen LogP contribution is 2.39. The lowest BCUT2D eigenvalue weighted by molar-refractivity contribution is 0.326. The fraction of sp³-hybridized carbons (Fsp3) is 0.833. The summed E-state index contributed by atoms with van der Waals surface area (Å²) < 4.78 is 3.69. The van der Waals surface area contributed by atoms with Gasteiger partial charge in [0.1, 0.15) is 5.82 Å². The molecule has 2 aliphatic carbocycles. The Morgan fingerprint density at radius 2 is 2.00 bits per heavy atom. The molecule has 0 unspecified atom stereocenters. The number of aromatic nitrogens is 3. The minimum absolute atomic E-state index is 0.130.